The summed E-state index contributed by atoms with van der Waals surface area (Å²) < 4.78 is 4.73. The van der Waals surface area contributed by atoms with E-state index in [-0.39, 0.29) is 23.7 Å². The van der Waals surface area contributed by atoms with E-state index in [1.165, 1.54) is 7.11 Å². The molecule has 18 heavy (non-hydrogen) atoms. The Morgan fingerprint density at radius 2 is 1.78 bits per heavy atom. The molecule has 1 N–H and O–H groups in total. The third-order valence-corrected chi connectivity index (χ3v) is 4.23. The third-order valence-electron chi connectivity index (χ3n) is 4.23. The van der Waals surface area contributed by atoms with Gasteiger partial charge in [-0.1, -0.05) is 33.6 Å². The van der Waals surface area contributed by atoms with Crippen LogP contribution in [0.1, 0.15) is 52.9 Å². The van der Waals surface area contributed by atoms with Crippen LogP contribution in [-0.4, -0.2) is 24.2 Å². The Morgan fingerprint density at radius 3 is 2.11 bits per heavy atom. The van der Waals surface area contributed by atoms with Gasteiger partial charge in [0, 0.05) is 6.42 Å². The standard InChI is InChI=1S/C14H24O4/c1-13(2,3)10(9-11(15)18-4)14(12(16)17)7-5-6-8-14/h10H,5-9H2,1-4H3,(H,16,17). The molecule has 0 radical (unpaired) electrons. The molecule has 0 aromatic heterocycles. The number of carbonyl (C=O) groups is 2. The molecule has 0 aromatic carbocycles. The zero-order chi connectivity index (χ0) is 14.0. The van der Waals surface area contributed by atoms with Gasteiger partial charge in [0.2, 0.25) is 0 Å². The van der Waals surface area contributed by atoms with Gasteiger partial charge < -0.3 is 9.84 Å². The summed E-state index contributed by atoms with van der Waals surface area (Å²) in [4.78, 5) is 23.3. The second-order valence-electron chi connectivity index (χ2n) is 6.37. The second-order valence-corrected chi connectivity index (χ2v) is 6.37. The van der Waals surface area contributed by atoms with Gasteiger partial charge in [0.1, 0.15) is 0 Å². The zero-order valence-corrected chi connectivity index (χ0v) is 11.8. The Morgan fingerprint density at radius 1 is 1.28 bits per heavy atom. The summed E-state index contributed by atoms with van der Waals surface area (Å²) in [7, 11) is 1.35. The third kappa shape index (κ3) is 2.85. The highest BCUT2D eigenvalue weighted by Gasteiger charge is 2.52. The van der Waals surface area contributed by atoms with E-state index in [1.54, 1.807) is 0 Å². The molecular weight excluding hydrogens is 232 g/mol. The van der Waals surface area contributed by atoms with Crippen LogP contribution in [0.2, 0.25) is 0 Å². The fourth-order valence-electron chi connectivity index (χ4n) is 3.30. The van der Waals surface area contributed by atoms with E-state index in [2.05, 4.69) is 0 Å². The number of esters is 1. The number of rotatable bonds is 4. The van der Waals surface area contributed by atoms with Crippen molar-refractivity contribution in [3.63, 3.8) is 0 Å². The zero-order valence-electron chi connectivity index (χ0n) is 11.8. The predicted octanol–water partition coefficient (Wildman–Crippen LogP) is 2.86. The first-order valence-corrected chi connectivity index (χ1v) is 6.54. The Balaban J connectivity index is 3.07. The van der Waals surface area contributed by atoms with Crippen LogP contribution in [0.3, 0.4) is 0 Å². The number of carbonyl (C=O) groups excluding carboxylic acids is 1. The summed E-state index contributed by atoms with van der Waals surface area (Å²) in [5.41, 5.74) is -0.983. The van der Waals surface area contributed by atoms with E-state index in [9.17, 15) is 14.7 Å². The summed E-state index contributed by atoms with van der Waals surface area (Å²) >= 11 is 0. The minimum atomic E-state index is -0.760. The summed E-state index contributed by atoms with van der Waals surface area (Å²) in [5, 5.41) is 9.63. The van der Waals surface area contributed by atoms with Gasteiger partial charge in [0.05, 0.1) is 12.5 Å². The lowest BCUT2D eigenvalue weighted by molar-refractivity contribution is -0.159. The largest absolute Gasteiger partial charge is 0.481 e. The molecule has 104 valence electrons. The van der Waals surface area contributed by atoms with Gasteiger partial charge in [0.15, 0.2) is 0 Å². The van der Waals surface area contributed by atoms with E-state index >= 15 is 0 Å². The van der Waals surface area contributed by atoms with Gasteiger partial charge in [-0.2, -0.15) is 0 Å². The van der Waals surface area contributed by atoms with Gasteiger partial charge in [0.25, 0.3) is 0 Å². The fourth-order valence-corrected chi connectivity index (χ4v) is 3.30. The maximum Gasteiger partial charge on any atom is 0.309 e. The Labute approximate surface area is 109 Å². The van der Waals surface area contributed by atoms with Crippen LogP contribution in [0.4, 0.5) is 0 Å². The minimum Gasteiger partial charge on any atom is -0.481 e. The number of aliphatic carboxylic acids is 1. The van der Waals surface area contributed by atoms with E-state index in [4.69, 9.17) is 4.74 Å². The molecular formula is C14H24O4. The lowest BCUT2D eigenvalue weighted by atomic mass is 9.61. The van der Waals surface area contributed by atoms with Crippen molar-refractivity contribution in [2.24, 2.45) is 16.7 Å². The molecule has 1 atom stereocenters. The Hall–Kier alpha value is -1.06. The number of ether oxygens (including phenoxy) is 1. The van der Waals surface area contributed by atoms with Crippen molar-refractivity contribution in [2.75, 3.05) is 7.11 Å². The van der Waals surface area contributed by atoms with Crippen LogP contribution >= 0.6 is 0 Å². The van der Waals surface area contributed by atoms with Crippen molar-refractivity contribution < 1.29 is 19.4 Å². The highest BCUT2D eigenvalue weighted by Crippen LogP contribution is 2.52. The molecule has 0 bridgehead atoms. The van der Waals surface area contributed by atoms with Crippen molar-refractivity contribution in [2.45, 2.75) is 52.9 Å². The van der Waals surface area contributed by atoms with Crippen molar-refractivity contribution >= 4 is 11.9 Å². The Kier molecular flexibility index (Phi) is 4.41. The molecule has 0 amide bonds. The van der Waals surface area contributed by atoms with Gasteiger partial charge in [-0.25, -0.2) is 0 Å². The van der Waals surface area contributed by atoms with Crippen LogP contribution < -0.4 is 0 Å². The quantitative estimate of drug-likeness (QED) is 0.785. The molecule has 1 aliphatic carbocycles. The smallest absolute Gasteiger partial charge is 0.309 e. The molecule has 1 unspecified atom stereocenters. The average molecular weight is 256 g/mol. The second kappa shape index (κ2) is 5.29. The minimum absolute atomic E-state index is 0.183. The first-order valence-electron chi connectivity index (χ1n) is 6.54. The molecule has 1 aliphatic rings. The van der Waals surface area contributed by atoms with E-state index in [0.717, 1.165) is 12.8 Å². The van der Waals surface area contributed by atoms with Crippen LogP contribution in [-0.2, 0) is 14.3 Å². The molecule has 1 saturated carbocycles. The van der Waals surface area contributed by atoms with Gasteiger partial charge in [-0.15, -0.1) is 0 Å². The highest BCUT2D eigenvalue weighted by molar-refractivity contribution is 5.77. The lowest BCUT2D eigenvalue weighted by Gasteiger charge is -2.41. The fraction of sp³-hybridized carbons (Fsp3) is 0.857. The summed E-state index contributed by atoms with van der Waals surface area (Å²) in [6.07, 6.45) is 3.38. The number of carboxylic acids is 1. The maximum atomic E-state index is 11.7. The number of hydrogen-bond acceptors (Lipinski definition) is 3. The molecule has 1 fully saturated rings. The van der Waals surface area contributed by atoms with Crippen molar-refractivity contribution in [1.29, 1.82) is 0 Å². The van der Waals surface area contributed by atoms with Crippen molar-refractivity contribution in [1.82, 2.24) is 0 Å². The molecule has 4 heteroatoms. The normalized spacial score (nSPS) is 20.4. The van der Waals surface area contributed by atoms with Crippen molar-refractivity contribution in [3.05, 3.63) is 0 Å². The number of methoxy groups -OCH3 is 1. The maximum absolute atomic E-state index is 11.7. The van der Waals surface area contributed by atoms with E-state index in [0.29, 0.717) is 12.8 Å². The summed E-state index contributed by atoms with van der Waals surface area (Å²) in [5.74, 6) is -1.26. The molecule has 1 rings (SSSR count). The van der Waals surface area contributed by atoms with Crippen LogP contribution in [0.5, 0.6) is 0 Å². The van der Waals surface area contributed by atoms with E-state index < -0.39 is 11.4 Å². The Bertz CT molecular complexity index is 321. The predicted molar refractivity (Wildman–Crippen MR) is 68.1 cm³/mol. The molecule has 0 spiro atoms. The average Bonchev–Trinajstić information content (AvgIpc) is 2.73. The number of hydrogen-bond donors (Lipinski definition) is 1. The van der Waals surface area contributed by atoms with Gasteiger partial charge in [-0.05, 0) is 24.2 Å². The molecule has 0 heterocycles. The van der Waals surface area contributed by atoms with Crippen molar-refractivity contribution in [3.8, 4) is 0 Å². The molecule has 0 saturated heterocycles. The van der Waals surface area contributed by atoms with Crippen LogP contribution in [0, 0.1) is 16.7 Å². The first kappa shape index (κ1) is 15.0. The topological polar surface area (TPSA) is 63.6 Å². The highest BCUT2D eigenvalue weighted by atomic mass is 16.5. The molecule has 4 nitrogen and oxygen atoms in total. The van der Waals surface area contributed by atoms with Crippen LogP contribution in [0.15, 0.2) is 0 Å². The first-order chi connectivity index (χ1) is 8.24. The van der Waals surface area contributed by atoms with Crippen LogP contribution in [0.25, 0.3) is 0 Å². The number of carboxylic acid groups (broad SMARTS) is 1. The summed E-state index contributed by atoms with van der Waals surface area (Å²) in [6, 6.07) is 0. The van der Waals surface area contributed by atoms with Gasteiger partial charge >= 0.3 is 11.9 Å². The monoisotopic (exact) mass is 256 g/mol. The lowest BCUT2D eigenvalue weighted by Crippen LogP contribution is -2.44. The van der Waals surface area contributed by atoms with E-state index in [1.807, 2.05) is 20.8 Å². The SMILES string of the molecule is COC(=O)CC(C(C)(C)C)C1(C(=O)O)CCCC1. The van der Waals surface area contributed by atoms with Gasteiger partial charge in [-0.3, -0.25) is 9.59 Å². The molecule has 0 aliphatic heterocycles. The molecule has 0 aromatic rings. The summed E-state index contributed by atoms with van der Waals surface area (Å²) in [6.45, 7) is 6.01.